The molecule has 100 valence electrons. The molecule has 2 atom stereocenters. The third-order valence-corrected chi connectivity index (χ3v) is 5.40. The van der Waals surface area contributed by atoms with Gasteiger partial charge in [-0.1, -0.05) is 0 Å². The van der Waals surface area contributed by atoms with Crippen molar-refractivity contribution < 1.29 is 128 Å². The zero-order chi connectivity index (χ0) is 12.6. The van der Waals surface area contributed by atoms with Crippen LogP contribution in [0.25, 0.3) is 0 Å². The predicted molar refractivity (Wildman–Crippen MR) is 48.2 cm³/mol. The molecule has 1 aromatic rings. The van der Waals surface area contributed by atoms with Crippen LogP contribution in [0.4, 0.5) is 0 Å². The SMILES string of the molecule is O.O=P([O-])(O)C([O-])(Cn1ccnc1)P(=O)([O-])O.[Na+].[Na+].[Na+]. The van der Waals surface area contributed by atoms with Crippen LogP contribution in [0.1, 0.15) is 0 Å². The zero-order valence-electron chi connectivity index (χ0n) is 11.2. The van der Waals surface area contributed by atoms with Gasteiger partial charge < -0.3 is 43.9 Å². The molecule has 15 heteroatoms. The van der Waals surface area contributed by atoms with Gasteiger partial charge in [-0.15, -0.1) is 0 Å². The van der Waals surface area contributed by atoms with Crippen molar-refractivity contribution in [3.8, 4) is 0 Å². The van der Waals surface area contributed by atoms with E-state index in [0.29, 0.717) is 0 Å². The number of hydrogen-bond donors (Lipinski definition) is 2. The van der Waals surface area contributed by atoms with E-state index in [1.807, 2.05) is 0 Å². The number of rotatable bonds is 4. The Morgan fingerprint density at radius 3 is 1.80 bits per heavy atom. The van der Waals surface area contributed by atoms with E-state index in [1.165, 1.54) is 6.20 Å². The van der Waals surface area contributed by atoms with Crippen LogP contribution in [-0.2, 0) is 15.7 Å². The van der Waals surface area contributed by atoms with Crippen molar-refractivity contribution in [2.45, 2.75) is 11.6 Å². The van der Waals surface area contributed by atoms with E-state index in [-0.39, 0.29) is 94.1 Å². The molecule has 0 amide bonds. The van der Waals surface area contributed by atoms with E-state index in [0.717, 1.165) is 17.1 Å². The monoisotopic (exact) mass is 356 g/mol. The second-order valence-electron chi connectivity index (χ2n) is 3.02. The first-order valence-electron chi connectivity index (χ1n) is 3.82. The molecule has 1 heterocycles. The van der Waals surface area contributed by atoms with Gasteiger partial charge in [0, 0.05) is 24.0 Å². The quantitative estimate of drug-likeness (QED) is 0.392. The summed E-state index contributed by atoms with van der Waals surface area (Å²) in [6, 6.07) is 0. The van der Waals surface area contributed by atoms with E-state index in [1.54, 1.807) is 0 Å². The van der Waals surface area contributed by atoms with Crippen LogP contribution >= 0.6 is 15.2 Å². The van der Waals surface area contributed by atoms with Crippen LogP contribution < -0.4 is 104 Å². The molecular formula is C5H9N2Na3O8P2. The van der Waals surface area contributed by atoms with E-state index in [2.05, 4.69) is 4.98 Å². The largest absolute Gasteiger partial charge is 1.00 e. The minimum atomic E-state index is -5.83. The van der Waals surface area contributed by atoms with Crippen LogP contribution in [0.2, 0.25) is 0 Å². The molecule has 4 N–H and O–H groups in total. The second-order valence-corrected chi connectivity index (χ2v) is 6.90. The number of imidazole rings is 1. The van der Waals surface area contributed by atoms with Crippen molar-refractivity contribution in [3.63, 3.8) is 0 Å². The molecule has 2 unspecified atom stereocenters. The molecule has 1 aromatic heterocycles. The summed E-state index contributed by atoms with van der Waals surface area (Å²) in [5.41, 5.74) is 0. The van der Waals surface area contributed by atoms with Crippen molar-refractivity contribution in [1.29, 1.82) is 0 Å². The summed E-state index contributed by atoms with van der Waals surface area (Å²) in [5.74, 6) is 0. The van der Waals surface area contributed by atoms with Gasteiger partial charge in [0.15, 0.2) is 0 Å². The topological polar surface area (TPSA) is 193 Å². The van der Waals surface area contributed by atoms with Crippen LogP contribution in [0, 0.1) is 0 Å². The van der Waals surface area contributed by atoms with Crippen molar-refractivity contribution >= 4 is 15.2 Å². The van der Waals surface area contributed by atoms with Crippen LogP contribution in [0.5, 0.6) is 0 Å². The maximum Gasteiger partial charge on any atom is 1.00 e. The maximum atomic E-state index is 11.5. The molecule has 0 aliphatic carbocycles. The zero-order valence-corrected chi connectivity index (χ0v) is 19.0. The number of hydrogen-bond acceptors (Lipinski definition) is 6. The van der Waals surface area contributed by atoms with Gasteiger partial charge in [-0.2, -0.15) is 0 Å². The number of nitrogens with zero attached hydrogens (tertiary/aromatic N) is 2. The third-order valence-electron chi connectivity index (χ3n) is 1.83. The number of aromatic nitrogens is 2. The molecule has 0 aliphatic rings. The molecular weight excluding hydrogens is 347 g/mol. The Morgan fingerprint density at radius 1 is 1.15 bits per heavy atom. The Kier molecular flexibility index (Phi) is 16.8. The van der Waals surface area contributed by atoms with Gasteiger partial charge in [0.05, 0.1) is 6.33 Å². The van der Waals surface area contributed by atoms with Gasteiger partial charge in [-0.25, -0.2) is 4.98 Å². The van der Waals surface area contributed by atoms with Gasteiger partial charge >= 0.3 is 88.7 Å². The average molecular weight is 356 g/mol. The minimum absolute atomic E-state index is 0. The van der Waals surface area contributed by atoms with E-state index < -0.39 is 26.8 Å². The Labute approximate surface area is 180 Å². The summed E-state index contributed by atoms with van der Waals surface area (Å²) in [6.45, 7) is -1.19. The van der Waals surface area contributed by atoms with Crippen molar-refractivity contribution in [3.05, 3.63) is 18.7 Å². The normalized spacial score (nSPS) is 18.4. The van der Waals surface area contributed by atoms with Crippen LogP contribution in [-0.4, -0.2) is 29.9 Å². The molecule has 1 rings (SSSR count). The minimum Gasteiger partial charge on any atom is -0.835 e. The van der Waals surface area contributed by atoms with Gasteiger partial charge in [-0.3, -0.25) is 0 Å². The fourth-order valence-electron chi connectivity index (χ4n) is 0.957. The molecule has 0 bridgehead atoms. The molecule has 0 saturated carbocycles. The summed E-state index contributed by atoms with van der Waals surface area (Å²) >= 11 is 0. The molecule has 20 heavy (non-hydrogen) atoms. The second kappa shape index (κ2) is 11.1. The van der Waals surface area contributed by atoms with Gasteiger partial charge in [0.2, 0.25) is 0 Å². The summed E-state index contributed by atoms with van der Waals surface area (Å²) in [6.07, 6.45) is 3.25. The van der Waals surface area contributed by atoms with E-state index in [9.17, 15) is 24.0 Å². The molecule has 0 aliphatic heterocycles. The maximum absolute atomic E-state index is 11.5. The first-order valence-corrected chi connectivity index (χ1v) is 6.97. The average Bonchev–Trinajstić information content (AvgIpc) is 2.52. The predicted octanol–water partition coefficient (Wildman–Crippen LogP) is -12.8. The third kappa shape index (κ3) is 7.33. The molecule has 0 spiro atoms. The molecule has 10 nitrogen and oxygen atoms in total. The Balaban J connectivity index is -0.000000320. The van der Waals surface area contributed by atoms with Crippen molar-refractivity contribution in [1.82, 2.24) is 9.55 Å². The fourth-order valence-corrected chi connectivity index (χ4v) is 2.92. The van der Waals surface area contributed by atoms with Gasteiger partial charge in [-0.05, 0) is 0 Å². The van der Waals surface area contributed by atoms with E-state index in [4.69, 9.17) is 9.79 Å². The Bertz CT molecular complexity index is 437. The van der Waals surface area contributed by atoms with E-state index >= 15 is 0 Å². The Hall–Kier alpha value is 2.43. The first-order chi connectivity index (χ1) is 7.08. The van der Waals surface area contributed by atoms with Crippen molar-refractivity contribution in [2.24, 2.45) is 0 Å². The van der Waals surface area contributed by atoms with Crippen LogP contribution in [0.15, 0.2) is 18.7 Å². The first kappa shape index (κ1) is 30.3. The smallest absolute Gasteiger partial charge is 0.835 e. The van der Waals surface area contributed by atoms with Crippen molar-refractivity contribution in [2.75, 3.05) is 0 Å². The molecule has 0 aromatic carbocycles. The van der Waals surface area contributed by atoms with Gasteiger partial charge in [0.25, 0.3) is 0 Å². The standard InChI is InChI=1S/C5H9N2O7P2.3Na.H2O/c8-5(15(9,10)11,16(12,13)14)3-7-2-1-6-4-7;;;;/h1-2,4H,3H2,(H2,9,10,11)(H2,12,13,14);;;;1H2/q-1;3*+1;/p-2. The van der Waals surface area contributed by atoms with Gasteiger partial charge in [0.1, 0.15) is 15.2 Å². The summed E-state index contributed by atoms with van der Waals surface area (Å²) in [4.78, 5) is 42.1. The fraction of sp³-hybridized carbons (Fsp3) is 0.400. The molecule has 0 fully saturated rings. The molecule has 0 saturated heterocycles. The molecule has 0 radical (unpaired) electrons. The van der Waals surface area contributed by atoms with Crippen LogP contribution in [0.3, 0.4) is 0 Å². The summed E-state index contributed by atoms with van der Waals surface area (Å²) in [5, 5.41) is 7.60. The summed E-state index contributed by atoms with van der Waals surface area (Å²) < 4.78 is 22.3. The Morgan fingerprint density at radius 2 is 1.55 bits per heavy atom. The summed E-state index contributed by atoms with van der Waals surface area (Å²) in [7, 11) is -11.7.